The second-order valence-corrected chi connectivity index (χ2v) is 3.21. The average molecular weight is 128 g/mol. The van der Waals surface area contributed by atoms with Gasteiger partial charge in [-0.05, 0) is 25.2 Å². The van der Waals surface area contributed by atoms with E-state index in [4.69, 9.17) is 11.5 Å². The quantitative estimate of drug-likeness (QED) is 0.498. The summed E-state index contributed by atoms with van der Waals surface area (Å²) in [6.07, 6.45) is 3.39. The van der Waals surface area contributed by atoms with Gasteiger partial charge in [0, 0.05) is 12.1 Å². The maximum atomic E-state index is 5.79. The molecule has 0 heterocycles. The summed E-state index contributed by atoms with van der Waals surface area (Å²) in [5.41, 5.74) is 11.5. The predicted octanol–water partition coefficient (Wildman–Crippen LogP) is 0.461. The highest BCUT2D eigenvalue weighted by Crippen LogP contribution is 2.20. The van der Waals surface area contributed by atoms with Crippen LogP contribution in [0.4, 0.5) is 0 Å². The van der Waals surface area contributed by atoms with Gasteiger partial charge in [-0.2, -0.15) is 0 Å². The molecular formula is C7H16N2. The van der Waals surface area contributed by atoms with Crippen LogP contribution in [-0.4, -0.2) is 12.1 Å². The Morgan fingerprint density at radius 2 is 1.89 bits per heavy atom. The Morgan fingerprint density at radius 3 is 2.33 bits per heavy atom. The zero-order valence-electron chi connectivity index (χ0n) is 6.01. The highest BCUT2D eigenvalue weighted by Gasteiger charge is 2.21. The summed E-state index contributed by atoms with van der Waals surface area (Å²) in [7, 11) is 0. The third-order valence-electron chi connectivity index (χ3n) is 2.30. The van der Waals surface area contributed by atoms with Crippen molar-refractivity contribution >= 4 is 0 Å². The normalized spacial score (nSPS) is 45.0. The smallest absolute Gasteiger partial charge is 0.00792 e. The standard InChI is InChI=1S/C7H16N2/c1-5-2-3-6(8)4-7(5)9/h5-7H,2-4,8-9H2,1H3/t5-,6-,7?/m1/s1. The summed E-state index contributed by atoms with van der Waals surface area (Å²) in [6.45, 7) is 2.20. The lowest BCUT2D eigenvalue weighted by Crippen LogP contribution is -2.40. The molecule has 0 aromatic rings. The minimum Gasteiger partial charge on any atom is -0.328 e. The van der Waals surface area contributed by atoms with Crippen LogP contribution >= 0.6 is 0 Å². The largest absolute Gasteiger partial charge is 0.328 e. The molecule has 3 atom stereocenters. The molecule has 54 valence electrons. The molecule has 1 saturated carbocycles. The van der Waals surface area contributed by atoms with Crippen LogP contribution in [0, 0.1) is 5.92 Å². The van der Waals surface area contributed by atoms with Gasteiger partial charge in [0.2, 0.25) is 0 Å². The van der Waals surface area contributed by atoms with Gasteiger partial charge < -0.3 is 11.5 Å². The predicted molar refractivity (Wildman–Crippen MR) is 39.0 cm³/mol. The molecule has 1 aliphatic rings. The lowest BCUT2D eigenvalue weighted by molar-refractivity contribution is 0.301. The zero-order valence-corrected chi connectivity index (χ0v) is 6.01. The summed E-state index contributed by atoms with van der Waals surface area (Å²) in [4.78, 5) is 0. The van der Waals surface area contributed by atoms with Crippen molar-refractivity contribution in [3.05, 3.63) is 0 Å². The fourth-order valence-corrected chi connectivity index (χ4v) is 1.39. The van der Waals surface area contributed by atoms with E-state index in [0.717, 1.165) is 12.8 Å². The van der Waals surface area contributed by atoms with Crippen molar-refractivity contribution < 1.29 is 0 Å². The minimum absolute atomic E-state index is 0.355. The molecule has 2 heteroatoms. The lowest BCUT2D eigenvalue weighted by atomic mass is 9.84. The van der Waals surface area contributed by atoms with E-state index in [1.165, 1.54) is 6.42 Å². The summed E-state index contributed by atoms with van der Waals surface area (Å²) >= 11 is 0. The van der Waals surface area contributed by atoms with Crippen LogP contribution in [-0.2, 0) is 0 Å². The number of rotatable bonds is 0. The molecule has 1 fully saturated rings. The van der Waals surface area contributed by atoms with Crippen LogP contribution in [0.3, 0.4) is 0 Å². The highest BCUT2D eigenvalue weighted by molar-refractivity contribution is 4.81. The van der Waals surface area contributed by atoms with Crippen molar-refractivity contribution in [2.45, 2.75) is 38.3 Å². The summed E-state index contributed by atoms with van der Waals surface area (Å²) in [5.74, 6) is 0.685. The van der Waals surface area contributed by atoms with Gasteiger partial charge in [-0.25, -0.2) is 0 Å². The Kier molecular flexibility index (Phi) is 2.09. The van der Waals surface area contributed by atoms with E-state index < -0.39 is 0 Å². The molecular weight excluding hydrogens is 112 g/mol. The molecule has 0 saturated heterocycles. The summed E-state index contributed by atoms with van der Waals surface area (Å²) < 4.78 is 0. The Balaban J connectivity index is 2.35. The van der Waals surface area contributed by atoms with E-state index in [9.17, 15) is 0 Å². The summed E-state index contributed by atoms with van der Waals surface area (Å²) in [5, 5.41) is 0. The molecule has 0 bridgehead atoms. The Bertz CT molecular complexity index is 92.9. The van der Waals surface area contributed by atoms with Crippen molar-refractivity contribution in [2.75, 3.05) is 0 Å². The molecule has 4 N–H and O–H groups in total. The van der Waals surface area contributed by atoms with Gasteiger partial charge in [0.25, 0.3) is 0 Å². The van der Waals surface area contributed by atoms with Gasteiger partial charge >= 0.3 is 0 Å². The third-order valence-corrected chi connectivity index (χ3v) is 2.30. The van der Waals surface area contributed by atoms with E-state index in [1.807, 2.05) is 0 Å². The third kappa shape index (κ3) is 1.66. The van der Waals surface area contributed by atoms with Crippen LogP contribution in [0.1, 0.15) is 26.2 Å². The van der Waals surface area contributed by atoms with E-state index in [2.05, 4.69) is 6.92 Å². The van der Waals surface area contributed by atoms with Crippen LogP contribution < -0.4 is 11.5 Å². The first-order chi connectivity index (χ1) is 4.20. The monoisotopic (exact) mass is 128 g/mol. The lowest BCUT2D eigenvalue weighted by Gasteiger charge is -2.29. The van der Waals surface area contributed by atoms with Gasteiger partial charge in [-0.1, -0.05) is 6.92 Å². The van der Waals surface area contributed by atoms with Gasteiger partial charge in [-0.15, -0.1) is 0 Å². The number of hydrogen-bond acceptors (Lipinski definition) is 2. The first-order valence-corrected chi connectivity index (χ1v) is 3.71. The second kappa shape index (κ2) is 2.67. The van der Waals surface area contributed by atoms with Crippen LogP contribution in [0.5, 0.6) is 0 Å². The Hall–Kier alpha value is -0.0800. The molecule has 1 aliphatic carbocycles. The molecule has 1 rings (SSSR count). The maximum Gasteiger partial charge on any atom is 0.00792 e. The van der Waals surface area contributed by atoms with E-state index in [1.54, 1.807) is 0 Å². The van der Waals surface area contributed by atoms with E-state index in [0.29, 0.717) is 18.0 Å². The van der Waals surface area contributed by atoms with Crippen LogP contribution in [0.15, 0.2) is 0 Å². The van der Waals surface area contributed by atoms with Crippen molar-refractivity contribution in [3.8, 4) is 0 Å². The first kappa shape index (κ1) is 7.03. The van der Waals surface area contributed by atoms with Crippen LogP contribution in [0.25, 0.3) is 0 Å². The van der Waals surface area contributed by atoms with Gasteiger partial charge in [0.05, 0.1) is 0 Å². The molecule has 2 nitrogen and oxygen atoms in total. The van der Waals surface area contributed by atoms with Gasteiger partial charge in [0.1, 0.15) is 0 Å². The first-order valence-electron chi connectivity index (χ1n) is 3.71. The fraction of sp³-hybridized carbons (Fsp3) is 1.00. The highest BCUT2D eigenvalue weighted by atomic mass is 14.7. The number of hydrogen-bond donors (Lipinski definition) is 2. The number of nitrogens with two attached hydrogens (primary N) is 2. The molecule has 0 aromatic carbocycles. The van der Waals surface area contributed by atoms with Crippen molar-refractivity contribution in [1.82, 2.24) is 0 Å². The topological polar surface area (TPSA) is 52.0 Å². The minimum atomic E-state index is 0.355. The van der Waals surface area contributed by atoms with E-state index in [-0.39, 0.29) is 0 Å². The second-order valence-electron chi connectivity index (χ2n) is 3.21. The van der Waals surface area contributed by atoms with Crippen LogP contribution in [0.2, 0.25) is 0 Å². The maximum absolute atomic E-state index is 5.79. The molecule has 0 aromatic heterocycles. The summed E-state index contributed by atoms with van der Waals surface area (Å²) in [6, 6.07) is 0.727. The van der Waals surface area contributed by atoms with Gasteiger partial charge in [0.15, 0.2) is 0 Å². The molecule has 9 heavy (non-hydrogen) atoms. The molecule has 0 amide bonds. The average Bonchev–Trinajstić information content (AvgIpc) is 1.80. The van der Waals surface area contributed by atoms with Crippen molar-refractivity contribution in [1.29, 1.82) is 0 Å². The Morgan fingerprint density at radius 1 is 1.22 bits per heavy atom. The molecule has 1 unspecified atom stereocenters. The van der Waals surface area contributed by atoms with Gasteiger partial charge in [-0.3, -0.25) is 0 Å². The Labute approximate surface area is 56.6 Å². The SMILES string of the molecule is C[C@@H]1CC[C@@H](N)CC1N. The molecule has 0 spiro atoms. The fourth-order valence-electron chi connectivity index (χ4n) is 1.39. The zero-order chi connectivity index (χ0) is 6.85. The van der Waals surface area contributed by atoms with Crippen molar-refractivity contribution in [3.63, 3.8) is 0 Å². The van der Waals surface area contributed by atoms with E-state index >= 15 is 0 Å². The van der Waals surface area contributed by atoms with Crippen molar-refractivity contribution in [2.24, 2.45) is 17.4 Å². The molecule has 0 radical (unpaired) electrons. The molecule has 0 aliphatic heterocycles.